The first kappa shape index (κ1) is 95.0. The van der Waals surface area contributed by atoms with Gasteiger partial charge in [-0.3, -0.25) is 10.1 Å². The number of azo groups is 2. The Morgan fingerprint density at radius 1 is 0.400 bits per heavy atom. The molecule has 0 aliphatic rings. The van der Waals surface area contributed by atoms with Gasteiger partial charge in [-0.05, 0) is 113 Å². The smallest absolute Gasteiger partial charge is 0.744 e. The van der Waals surface area contributed by atoms with E-state index in [2.05, 4.69) is 90.4 Å². The number of phenolic OH excluding ortho intramolecular Hbond substituents is 2. The minimum absolute atomic E-state index is 0. The topological polar surface area (TPSA) is 584 Å². The van der Waals surface area contributed by atoms with Crippen molar-refractivity contribution in [1.82, 2.24) is 29.9 Å². The fourth-order valence-electron chi connectivity index (χ4n) is 9.63. The van der Waals surface area contributed by atoms with Crippen molar-refractivity contribution in [3.05, 3.63) is 138 Å². The molecule has 2 aromatic heterocycles. The van der Waals surface area contributed by atoms with Crippen LogP contribution in [0.1, 0.15) is 0 Å². The van der Waals surface area contributed by atoms with Crippen molar-refractivity contribution in [2.24, 2.45) is 20.5 Å². The van der Waals surface area contributed by atoms with Gasteiger partial charge in [-0.1, -0.05) is 48.5 Å². The fraction of sp³-hybridized carbons (Fsp3) is 0. The zero-order chi connectivity index (χ0) is 70.4. The summed E-state index contributed by atoms with van der Waals surface area (Å²) in [7, 11) is -27.2. The number of anilines is 8. The summed E-state index contributed by atoms with van der Waals surface area (Å²) < 4.78 is 195. The molecule has 37 nitrogen and oxygen atoms in total. The first-order valence-corrected chi connectivity index (χ1v) is 35.2. The SMILES string of the molecule is O=S(=O)([O-])c1cc2cc(SOO[O-])cc(Nc3nc(Cl)nc(Nc4ccc(Nc5nc(Cl)nc(Nc6cccc7cc(SOO[O-])c(N=Nc8ccc9c(S(=O)(=O)[O-])cccc9c8S(=O)(=O)[O-])c(O)c67)n5)cc4)n3)c2c(O)c1N=Nc1ccc2c(S(=O)(=O)[O-])cccc2c1S(=O)(=O)[O-].[Na+].[Na+].[Na+].[Na+].[Na+].[Na+].[Na+]. The van der Waals surface area contributed by atoms with Crippen molar-refractivity contribution >= 4 is 210 Å². The van der Waals surface area contributed by atoms with E-state index in [4.69, 9.17) is 23.2 Å². The molecule has 53 heteroatoms. The molecule has 0 aliphatic carbocycles. The molecule has 105 heavy (non-hydrogen) atoms. The Bertz CT molecular complexity index is 5840. The van der Waals surface area contributed by atoms with Gasteiger partial charge in [-0.15, -0.1) is 20.5 Å². The molecule has 11 rings (SSSR count). The molecule has 0 bridgehead atoms. The standard InChI is InChI=1S/C52H34Cl2N14O23S7.7Na/c53-47-59-49(63-51(61-47)57-31-7-1-4-22-19-35(93-91-89-72)41(43(69)39(22)31)67-65-32-16-14-27-29(45(32)97(82,83)84)5-2-8-36(27)94(73,74)75)55-24-10-12-25(13-11-24)56-50-60-48(54)62-52(64-50)58-34-21-26(92-90-88-71)18-23-20-38(96(79,80)81)42(44(70)40(23)34)68-66-33-17-15-28-30(46(33)98(85,86)87)6-3-9-37(28)95(76,77)78;;;;;;;/h1-21,69-72H,(H,73,74,75)(H,76,77,78)(H,79,80,81)(H,82,83,84)(H,85,86,87)(H2,55,57,59,61,63)(H2,56,58,60,62,64);;;;;;;/q;7*+1/p-7. The maximum atomic E-state index is 12.8. The Morgan fingerprint density at radius 2 is 0.810 bits per heavy atom. The van der Waals surface area contributed by atoms with Crippen LogP contribution in [0.15, 0.2) is 182 Å². The molecule has 0 radical (unpaired) electrons. The Hall–Kier alpha value is -2.37. The molecule has 9 aromatic carbocycles. The van der Waals surface area contributed by atoms with E-state index in [-0.39, 0.29) is 297 Å². The quantitative estimate of drug-likeness (QED) is 0.00865. The van der Waals surface area contributed by atoms with Crippen molar-refractivity contribution < 1.29 is 311 Å². The van der Waals surface area contributed by atoms with Crippen LogP contribution in [0.25, 0.3) is 43.1 Å². The largest absolute Gasteiger partial charge is 1.00 e. The molecule has 0 saturated carbocycles. The molecule has 0 unspecified atom stereocenters. The number of aromatic hydroxyl groups is 2. The Balaban J connectivity index is 0.00000333. The van der Waals surface area contributed by atoms with Crippen LogP contribution in [0.2, 0.25) is 10.6 Å². The van der Waals surface area contributed by atoms with Crippen molar-refractivity contribution in [2.45, 2.75) is 34.3 Å². The third-order valence-corrected chi connectivity index (χ3v) is 19.3. The number of hydrogen-bond donors (Lipinski definition) is 6. The maximum absolute atomic E-state index is 12.8. The van der Waals surface area contributed by atoms with E-state index in [1.165, 1.54) is 54.6 Å². The maximum Gasteiger partial charge on any atom is 1.00 e. The molecule has 0 saturated heterocycles. The molecular weight excluding hydrogens is 1640 g/mol. The Labute approximate surface area is 765 Å². The third kappa shape index (κ3) is 22.5. The third-order valence-electron chi connectivity index (χ3n) is 13.3. The van der Waals surface area contributed by atoms with Gasteiger partial charge >= 0.3 is 207 Å². The summed E-state index contributed by atoms with van der Waals surface area (Å²) in [5, 5.41) is 75.9. The van der Waals surface area contributed by atoms with E-state index in [0.29, 0.717) is 11.8 Å². The van der Waals surface area contributed by atoms with Gasteiger partial charge in [0.25, 0.3) is 0 Å². The van der Waals surface area contributed by atoms with E-state index in [9.17, 15) is 85.6 Å². The van der Waals surface area contributed by atoms with Gasteiger partial charge in [0.15, 0.2) is 11.5 Å². The number of hydrogen-bond acceptors (Lipinski definition) is 39. The average molecular weight is 1670 g/mol. The number of aromatic nitrogens is 6. The number of rotatable bonds is 23. The normalized spacial score (nSPS) is 11.7. The van der Waals surface area contributed by atoms with Gasteiger partial charge in [-0.25, -0.2) is 42.1 Å². The summed E-state index contributed by atoms with van der Waals surface area (Å²) in [6.07, 6.45) is 0. The van der Waals surface area contributed by atoms with E-state index >= 15 is 0 Å². The van der Waals surface area contributed by atoms with Crippen LogP contribution in [0, 0.1) is 0 Å². The molecule has 0 amide bonds. The minimum atomic E-state index is -5.66. The van der Waals surface area contributed by atoms with Gasteiger partial charge in [0.05, 0.1) is 64.8 Å². The van der Waals surface area contributed by atoms with Crippen LogP contribution < -0.4 is 239 Å². The van der Waals surface area contributed by atoms with Crippen molar-refractivity contribution in [3.63, 3.8) is 0 Å². The van der Waals surface area contributed by atoms with Gasteiger partial charge in [0.2, 0.25) is 34.4 Å². The second-order valence-electron chi connectivity index (χ2n) is 19.3. The molecule has 2 heterocycles. The van der Waals surface area contributed by atoms with E-state index < -0.39 is 147 Å². The van der Waals surface area contributed by atoms with E-state index in [1.807, 2.05) is 0 Å². The zero-order valence-corrected chi connectivity index (χ0v) is 75.4. The van der Waals surface area contributed by atoms with E-state index in [0.717, 1.165) is 66.7 Å². The molecule has 0 fully saturated rings. The molecular formula is C52H27Cl2N14Na7O23S7. The van der Waals surface area contributed by atoms with Crippen molar-refractivity contribution in [1.29, 1.82) is 0 Å². The van der Waals surface area contributed by atoms with Gasteiger partial charge < -0.3 is 64.8 Å². The first-order chi connectivity index (χ1) is 46.3. The summed E-state index contributed by atoms with van der Waals surface area (Å²) in [6, 6.07) is 24.2. The number of phenols is 2. The van der Waals surface area contributed by atoms with E-state index in [1.54, 1.807) is 0 Å². The molecule has 0 aliphatic heterocycles. The number of nitrogens with one attached hydrogen (secondary N) is 4. The fourth-order valence-corrected chi connectivity index (χ4v) is 14.5. The molecule has 11 aromatic rings. The Morgan fingerprint density at radius 3 is 1.26 bits per heavy atom. The van der Waals surface area contributed by atoms with Crippen LogP contribution in [0.3, 0.4) is 0 Å². The van der Waals surface area contributed by atoms with Crippen LogP contribution in [0.5, 0.6) is 11.5 Å². The number of nitrogens with zero attached hydrogens (tertiary/aromatic N) is 10. The van der Waals surface area contributed by atoms with Gasteiger partial charge in [0, 0.05) is 48.6 Å². The second-order valence-corrected chi connectivity index (χ2v) is 28.2. The molecule has 0 atom stereocenters. The minimum Gasteiger partial charge on any atom is -0.744 e. The summed E-state index contributed by atoms with van der Waals surface area (Å²) in [5.74, 6) is -2.87. The van der Waals surface area contributed by atoms with Crippen LogP contribution in [-0.2, 0) is 69.3 Å². The number of halogens is 2. The second kappa shape index (κ2) is 39.4. The molecule has 0 spiro atoms. The molecule has 6 N–H and O–H groups in total. The monoisotopic (exact) mass is 1670 g/mol. The average Bonchev–Trinajstić information content (AvgIpc) is 0.764. The summed E-state index contributed by atoms with van der Waals surface area (Å²) in [6.45, 7) is 0. The zero-order valence-electron chi connectivity index (χ0n) is 54.2. The van der Waals surface area contributed by atoms with Crippen LogP contribution in [0.4, 0.5) is 69.3 Å². The number of benzene rings is 9. The molecule has 506 valence electrons. The van der Waals surface area contributed by atoms with Crippen molar-refractivity contribution in [3.8, 4) is 11.5 Å². The first-order valence-electron chi connectivity index (χ1n) is 25.9. The van der Waals surface area contributed by atoms with Gasteiger partial charge in [0.1, 0.15) is 73.3 Å². The predicted molar refractivity (Wildman–Crippen MR) is 333 cm³/mol. The summed E-state index contributed by atoms with van der Waals surface area (Å²) >= 11 is 13.2. The van der Waals surface area contributed by atoms with Crippen molar-refractivity contribution in [2.75, 3.05) is 21.3 Å². The van der Waals surface area contributed by atoms with Gasteiger partial charge in [-0.2, -0.15) is 38.6 Å². The summed E-state index contributed by atoms with van der Waals surface area (Å²) in [4.78, 5) is 19.5. The van der Waals surface area contributed by atoms with Crippen LogP contribution in [-0.4, -0.2) is 105 Å². The number of fused-ring (bicyclic) bond motifs is 4. The summed E-state index contributed by atoms with van der Waals surface area (Å²) in [5.41, 5.74) is -2.74. The predicted octanol–water partition coefficient (Wildman–Crippen LogP) is -12.8. The van der Waals surface area contributed by atoms with Crippen LogP contribution >= 0.6 is 47.3 Å². The Kier molecular flexibility index (Phi) is 35.6.